The summed E-state index contributed by atoms with van der Waals surface area (Å²) in [6.45, 7) is 1.67. The smallest absolute Gasteiger partial charge is 0.166 e. The predicted octanol–water partition coefficient (Wildman–Crippen LogP) is 2.06. The van der Waals surface area contributed by atoms with Crippen LogP contribution in [0.3, 0.4) is 0 Å². The number of anilines is 1. The van der Waals surface area contributed by atoms with Crippen LogP contribution in [0, 0.1) is 0 Å². The zero-order valence-electron chi connectivity index (χ0n) is 10.7. The Morgan fingerprint density at radius 3 is 2.95 bits per heavy atom. The lowest BCUT2D eigenvalue weighted by Gasteiger charge is -1.99. The highest BCUT2D eigenvalue weighted by molar-refractivity contribution is 7.99. The summed E-state index contributed by atoms with van der Waals surface area (Å²) in [4.78, 5) is 7.58. The van der Waals surface area contributed by atoms with Crippen molar-refractivity contribution in [1.29, 1.82) is 0 Å². The van der Waals surface area contributed by atoms with Crippen LogP contribution in [0.1, 0.15) is 13.3 Å². The molecule has 19 heavy (non-hydrogen) atoms. The highest BCUT2D eigenvalue weighted by atomic mass is 32.2. The number of nitrogens with two attached hydrogens (primary N) is 1. The van der Waals surface area contributed by atoms with Crippen molar-refractivity contribution in [3.8, 4) is 0 Å². The van der Waals surface area contributed by atoms with Crippen LogP contribution in [0.25, 0.3) is 11.0 Å². The van der Waals surface area contributed by atoms with Gasteiger partial charge in [0.2, 0.25) is 0 Å². The molecule has 0 aliphatic carbocycles. The van der Waals surface area contributed by atoms with E-state index in [0.29, 0.717) is 12.1 Å². The van der Waals surface area contributed by atoms with E-state index in [0.717, 1.165) is 21.9 Å². The van der Waals surface area contributed by atoms with Crippen molar-refractivity contribution in [2.24, 2.45) is 0 Å². The maximum Gasteiger partial charge on any atom is 0.166 e. The molecule has 0 spiro atoms. The lowest BCUT2D eigenvalue weighted by Crippen LogP contribution is -2.09. The molecule has 0 amide bonds. The van der Waals surface area contributed by atoms with E-state index in [1.54, 1.807) is 6.92 Å². The molecule has 1 heterocycles. The molecule has 7 heteroatoms. The fraction of sp³-hybridized carbons (Fsp3) is 0.417. The van der Waals surface area contributed by atoms with Gasteiger partial charge >= 0.3 is 0 Å². The number of H-pyrrole nitrogens is 1. The van der Waals surface area contributed by atoms with Gasteiger partial charge in [0.1, 0.15) is 9.84 Å². The number of benzene rings is 1. The van der Waals surface area contributed by atoms with Gasteiger partial charge in [-0.1, -0.05) is 18.7 Å². The first-order valence-corrected chi connectivity index (χ1v) is 8.89. The molecule has 5 nitrogen and oxygen atoms in total. The number of aromatic amines is 1. The van der Waals surface area contributed by atoms with Crippen LogP contribution in [0.4, 0.5) is 5.69 Å². The summed E-state index contributed by atoms with van der Waals surface area (Å²) in [5.41, 5.74) is 8.17. The fourth-order valence-electron chi connectivity index (χ4n) is 1.66. The van der Waals surface area contributed by atoms with Crippen molar-refractivity contribution in [1.82, 2.24) is 9.97 Å². The molecule has 0 bridgehead atoms. The molecule has 0 aliphatic heterocycles. The molecule has 0 saturated carbocycles. The Bertz CT molecular complexity index is 665. The van der Waals surface area contributed by atoms with E-state index < -0.39 is 9.84 Å². The minimum Gasteiger partial charge on any atom is -0.399 e. The Morgan fingerprint density at radius 2 is 2.21 bits per heavy atom. The van der Waals surface area contributed by atoms with E-state index in [4.69, 9.17) is 5.73 Å². The minimum absolute atomic E-state index is 0.210. The van der Waals surface area contributed by atoms with Gasteiger partial charge in [0, 0.05) is 17.2 Å². The lowest BCUT2D eigenvalue weighted by molar-refractivity contribution is 0.596. The lowest BCUT2D eigenvalue weighted by atomic mass is 10.3. The van der Waals surface area contributed by atoms with Crippen LogP contribution in [0.2, 0.25) is 0 Å². The number of fused-ring (bicyclic) bond motifs is 1. The second kappa shape index (κ2) is 5.83. The van der Waals surface area contributed by atoms with Crippen molar-refractivity contribution in [3.63, 3.8) is 0 Å². The third-order valence-electron chi connectivity index (χ3n) is 2.76. The molecular formula is C12H17N3O2S2. The van der Waals surface area contributed by atoms with Gasteiger partial charge in [-0.25, -0.2) is 13.4 Å². The maximum atomic E-state index is 11.3. The van der Waals surface area contributed by atoms with Gasteiger partial charge in [-0.05, 0) is 24.6 Å². The first kappa shape index (κ1) is 14.2. The molecule has 2 aromatic rings. The highest BCUT2D eigenvalue weighted by Gasteiger charge is 2.08. The Morgan fingerprint density at radius 1 is 1.42 bits per heavy atom. The zero-order chi connectivity index (χ0) is 13.9. The van der Waals surface area contributed by atoms with Crippen LogP contribution in [-0.4, -0.2) is 35.6 Å². The van der Waals surface area contributed by atoms with E-state index in [9.17, 15) is 8.42 Å². The molecule has 0 saturated heterocycles. The Balaban J connectivity index is 1.92. The van der Waals surface area contributed by atoms with Crippen LogP contribution in [0.15, 0.2) is 23.4 Å². The molecule has 2 rings (SSSR count). The number of rotatable bonds is 6. The van der Waals surface area contributed by atoms with Crippen molar-refractivity contribution in [2.45, 2.75) is 18.5 Å². The molecule has 0 atom stereocenters. The second-order valence-electron chi connectivity index (χ2n) is 4.26. The number of nitrogens with one attached hydrogen (secondary N) is 1. The first-order valence-electron chi connectivity index (χ1n) is 6.08. The van der Waals surface area contributed by atoms with Crippen LogP contribution in [-0.2, 0) is 9.84 Å². The number of hydrogen-bond donors (Lipinski definition) is 2. The molecule has 1 aromatic carbocycles. The van der Waals surface area contributed by atoms with Crippen LogP contribution < -0.4 is 5.73 Å². The molecule has 0 fully saturated rings. The quantitative estimate of drug-likeness (QED) is 0.484. The fourth-order valence-corrected chi connectivity index (χ4v) is 3.55. The van der Waals surface area contributed by atoms with Crippen LogP contribution in [0.5, 0.6) is 0 Å². The number of sulfone groups is 1. The summed E-state index contributed by atoms with van der Waals surface area (Å²) in [5, 5.41) is 0.800. The number of thioether (sulfide) groups is 1. The average Bonchev–Trinajstić information content (AvgIpc) is 2.76. The summed E-state index contributed by atoms with van der Waals surface area (Å²) >= 11 is 1.53. The van der Waals surface area contributed by atoms with Crippen molar-refractivity contribution in [2.75, 3.05) is 23.0 Å². The van der Waals surface area contributed by atoms with Gasteiger partial charge in [0.25, 0.3) is 0 Å². The van der Waals surface area contributed by atoms with Gasteiger partial charge in [0.05, 0.1) is 16.8 Å². The van der Waals surface area contributed by atoms with E-state index in [-0.39, 0.29) is 11.5 Å². The monoisotopic (exact) mass is 299 g/mol. The molecule has 0 aliphatic rings. The minimum atomic E-state index is -2.86. The summed E-state index contributed by atoms with van der Waals surface area (Å²) in [5.74, 6) is 1.18. The SMILES string of the molecule is CCS(=O)(=O)CCCSc1nc2ccc(N)cc2[nH]1. The normalized spacial score (nSPS) is 12.1. The number of imidazole rings is 1. The first-order chi connectivity index (χ1) is 9.00. The summed E-state index contributed by atoms with van der Waals surface area (Å²) < 4.78 is 22.7. The standard InChI is InChI=1S/C12H17N3O2S2/c1-2-19(16,17)7-3-6-18-12-14-10-5-4-9(13)8-11(10)15-12/h4-5,8H,2-3,6-7,13H2,1H3,(H,14,15). The number of nitrogen functional groups attached to an aromatic ring is 1. The molecule has 104 valence electrons. The highest BCUT2D eigenvalue weighted by Crippen LogP contribution is 2.21. The largest absolute Gasteiger partial charge is 0.399 e. The van der Waals surface area contributed by atoms with E-state index in [2.05, 4.69) is 9.97 Å². The third kappa shape index (κ3) is 3.87. The van der Waals surface area contributed by atoms with Crippen LogP contribution >= 0.6 is 11.8 Å². The number of hydrogen-bond acceptors (Lipinski definition) is 5. The number of nitrogens with zero attached hydrogens (tertiary/aromatic N) is 1. The van der Waals surface area contributed by atoms with Gasteiger partial charge in [-0.3, -0.25) is 0 Å². The Kier molecular flexibility index (Phi) is 4.36. The zero-order valence-corrected chi connectivity index (χ0v) is 12.4. The maximum absolute atomic E-state index is 11.3. The molecule has 1 aromatic heterocycles. The van der Waals surface area contributed by atoms with Crippen molar-refractivity contribution >= 4 is 38.3 Å². The van der Waals surface area contributed by atoms with E-state index in [1.807, 2.05) is 18.2 Å². The van der Waals surface area contributed by atoms with Crippen molar-refractivity contribution < 1.29 is 8.42 Å². The van der Waals surface area contributed by atoms with Gasteiger partial charge in [-0.15, -0.1) is 0 Å². The predicted molar refractivity (Wildman–Crippen MR) is 80.2 cm³/mol. The summed E-state index contributed by atoms with van der Waals surface area (Å²) in [6.07, 6.45) is 0.639. The Hall–Kier alpha value is -1.21. The van der Waals surface area contributed by atoms with Crippen molar-refractivity contribution in [3.05, 3.63) is 18.2 Å². The number of aromatic nitrogens is 2. The van der Waals surface area contributed by atoms with Gasteiger partial charge in [-0.2, -0.15) is 0 Å². The second-order valence-corrected chi connectivity index (χ2v) is 7.81. The van der Waals surface area contributed by atoms with E-state index >= 15 is 0 Å². The summed E-state index contributed by atoms with van der Waals surface area (Å²) in [6, 6.07) is 5.52. The molecular weight excluding hydrogens is 282 g/mol. The van der Waals surface area contributed by atoms with Gasteiger partial charge in [0.15, 0.2) is 5.16 Å². The molecule has 0 unspecified atom stereocenters. The summed E-state index contributed by atoms with van der Waals surface area (Å²) in [7, 11) is -2.86. The average molecular weight is 299 g/mol. The van der Waals surface area contributed by atoms with E-state index in [1.165, 1.54) is 11.8 Å². The third-order valence-corrected chi connectivity index (χ3v) is 5.51. The topological polar surface area (TPSA) is 88.8 Å². The Labute approximate surface area is 116 Å². The molecule has 0 radical (unpaired) electrons. The molecule has 3 N–H and O–H groups in total. The van der Waals surface area contributed by atoms with Gasteiger partial charge < -0.3 is 10.7 Å².